The number of aryl methyl sites for hydroxylation is 1. The zero-order valence-corrected chi connectivity index (χ0v) is 10.3. The lowest BCUT2D eigenvalue weighted by atomic mass is 9.90. The largest absolute Gasteiger partial charge is 0.496 e. The van der Waals surface area contributed by atoms with Gasteiger partial charge in [0.15, 0.2) is 0 Å². The summed E-state index contributed by atoms with van der Waals surface area (Å²) in [6.07, 6.45) is 4.75. The van der Waals surface area contributed by atoms with E-state index in [1.807, 2.05) is 0 Å². The van der Waals surface area contributed by atoms with Crippen LogP contribution >= 0.6 is 0 Å². The summed E-state index contributed by atoms with van der Waals surface area (Å²) in [7, 11) is 1.76. The van der Waals surface area contributed by atoms with Gasteiger partial charge in [0, 0.05) is 5.56 Å². The standard InChI is InChI=1S/C14H21NO/c1-10(8-9-15)14-12-5-3-4-11(12)6-7-13(14)16-2/h6-7,10H,3-5,8-9,15H2,1-2H3. The molecule has 1 aromatic rings. The molecule has 16 heavy (non-hydrogen) atoms. The van der Waals surface area contributed by atoms with Crippen LogP contribution in [0.2, 0.25) is 0 Å². The van der Waals surface area contributed by atoms with Crippen LogP contribution in [0.25, 0.3) is 0 Å². The Bertz CT molecular complexity index is 373. The van der Waals surface area contributed by atoms with Crippen molar-refractivity contribution in [1.29, 1.82) is 0 Å². The fourth-order valence-electron chi connectivity index (χ4n) is 2.79. The Kier molecular flexibility index (Phi) is 3.49. The maximum absolute atomic E-state index is 5.66. The molecule has 1 aliphatic rings. The van der Waals surface area contributed by atoms with E-state index in [0.717, 1.165) is 18.7 Å². The van der Waals surface area contributed by atoms with Crippen molar-refractivity contribution in [1.82, 2.24) is 0 Å². The highest BCUT2D eigenvalue weighted by molar-refractivity contribution is 5.49. The second kappa shape index (κ2) is 4.88. The smallest absolute Gasteiger partial charge is 0.122 e. The average molecular weight is 219 g/mol. The third-order valence-corrected chi connectivity index (χ3v) is 3.60. The summed E-state index contributed by atoms with van der Waals surface area (Å²) in [4.78, 5) is 0. The lowest BCUT2D eigenvalue weighted by molar-refractivity contribution is 0.404. The van der Waals surface area contributed by atoms with Crippen LogP contribution in [0.15, 0.2) is 12.1 Å². The molecule has 0 fully saturated rings. The number of fused-ring (bicyclic) bond motifs is 1. The minimum Gasteiger partial charge on any atom is -0.496 e. The predicted octanol–water partition coefficient (Wildman–Crippen LogP) is 2.64. The maximum atomic E-state index is 5.66. The van der Waals surface area contributed by atoms with E-state index in [2.05, 4.69) is 19.1 Å². The van der Waals surface area contributed by atoms with E-state index in [0.29, 0.717) is 5.92 Å². The van der Waals surface area contributed by atoms with Crippen molar-refractivity contribution in [2.24, 2.45) is 5.73 Å². The second-order valence-corrected chi connectivity index (χ2v) is 4.65. The number of hydrogen-bond acceptors (Lipinski definition) is 2. The van der Waals surface area contributed by atoms with Crippen molar-refractivity contribution in [3.05, 3.63) is 28.8 Å². The third-order valence-electron chi connectivity index (χ3n) is 3.60. The van der Waals surface area contributed by atoms with Crippen molar-refractivity contribution in [3.63, 3.8) is 0 Å². The first-order valence-corrected chi connectivity index (χ1v) is 6.16. The van der Waals surface area contributed by atoms with E-state index in [1.165, 1.54) is 36.0 Å². The van der Waals surface area contributed by atoms with Gasteiger partial charge in [0.05, 0.1) is 7.11 Å². The van der Waals surface area contributed by atoms with Crippen LogP contribution in [0.5, 0.6) is 5.75 Å². The van der Waals surface area contributed by atoms with Crippen LogP contribution < -0.4 is 10.5 Å². The summed E-state index contributed by atoms with van der Waals surface area (Å²) < 4.78 is 5.50. The van der Waals surface area contributed by atoms with Gasteiger partial charge >= 0.3 is 0 Å². The van der Waals surface area contributed by atoms with Gasteiger partial charge in [0.25, 0.3) is 0 Å². The predicted molar refractivity (Wildman–Crippen MR) is 67.1 cm³/mol. The molecule has 0 spiro atoms. The highest BCUT2D eigenvalue weighted by Gasteiger charge is 2.21. The summed E-state index contributed by atoms with van der Waals surface area (Å²) in [5, 5.41) is 0. The molecule has 88 valence electrons. The first-order valence-electron chi connectivity index (χ1n) is 6.16. The van der Waals surface area contributed by atoms with E-state index in [1.54, 1.807) is 7.11 Å². The molecule has 0 aromatic heterocycles. The molecule has 1 atom stereocenters. The van der Waals surface area contributed by atoms with E-state index in [4.69, 9.17) is 10.5 Å². The van der Waals surface area contributed by atoms with Gasteiger partial charge in [-0.05, 0) is 55.3 Å². The highest BCUT2D eigenvalue weighted by atomic mass is 16.5. The van der Waals surface area contributed by atoms with Crippen LogP contribution in [-0.2, 0) is 12.8 Å². The Morgan fingerprint density at radius 3 is 2.88 bits per heavy atom. The van der Waals surface area contributed by atoms with Gasteiger partial charge < -0.3 is 10.5 Å². The molecule has 0 saturated carbocycles. The minimum atomic E-state index is 0.507. The van der Waals surface area contributed by atoms with Gasteiger partial charge in [-0.2, -0.15) is 0 Å². The number of benzene rings is 1. The fraction of sp³-hybridized carbons (Fsp3) is 0.571. The molecular weight excluding hydrogens is 198 g/mol. The van der Waals surface area contributed by atoms with E-state index in [-0.39, 0.29) is 0 Å². The van der Waals surface area contributed by atoms with Crippen LogP contribution in [0.3, 0.4) is 0 Å². The highest BCUT2D eigenvalue weighted by Crippen LogP contribution is 2.37. The van der Waals surface area contributed by atoms with Gasteiger partial charge in [-0.15, -0.1) is 0 Å². The average Bonchev–Trinajstić information content (AvgIpc) is 2.75. The lowest BCUT2D eigenvalue weighted by Crippen LogP contribution is -2.08. The third kappa shape index (κ3) is 1.94. The fourth-order valence-corrected chi connectivity index (χ4v) is 2.79. The van der Waals surface area contributed by atoms with Gasteiger partial charge in [-0.25, -0.2) is 0 Å². The summed E-state index contributed by atoms with van der Waals surface area (Å²) in [6, 6.07) is 4.34. The Labute approximate surface area is 97.8 Å². The Morgan fingerprint density at radius 2 is 2.19 bits per heavy atom. The number of ether oxygens (including phenoxy) is 1. The maximum Gasteiger partial charge on any atom is 0.122 e. The molecular formula is C14H21NO. The molecule has 2 heteroatoms. The molecule has 0 aliphatic heterocycles. The molecule has 0 bridgehead atoms. The lowest BCUT2D eigenvalue weighted by Gasteiger charge is -2.19. The van der Waals surface area contributed by atoms with E-state index >= 15 is 0 Å². The number of nitrogens with two attached hydrogens (primary N) is 1. The zero-order chi connectivity index (χ0) is 11.5. The first kappa shape index (κ1) is 11.5. The molecule has 0 amide bonds. The molecule has 1 aromatic carbocycles. The van der Waals surface area contributed by atoms with Crippen molar-refractivity contribution in [3.8, 4) is 5.75 Å². The Balaban J connectivity index is 2.43. The topological polar surface area (TPSA) is 35.2 Å². The van der Waals surface area contributed by atoms with E-state index < -0.39 is 0 Å². The van der Waals surface area contributed by atoms with Crippen LogP contribution in [0.4, 0.5) is 0 Å². The summed E-state index contributed by atoms with van der Waals surface area (Å²) in [6.45, 7) is 3.00. The van der Waals surface area contributed by atoms with Crippen molar-refractivity contribution < 1.29 is 4.74 Å². The molecule has 2 N–H and O–H groups in total. The van der Waals surface area contributed by atoms with Crippen molar-refractivity contribution in [2.45, 2.75) is 38.5 Å². The number of rotatable bonds is 4. The molecule has 0 heterocycles. The second-order valence-electron chi connectivity index (χ2n) is 4.65. The normalized spacial score (nSPS) is 15.9. The number of hydrogen-bond donors (Lipinski definition) is 1. The van der Waals surface area contributed by atoms with Crippen LogP contribution in [0, 0.1) is 0 Å². The monoisotopic (exact) mass is 219 g/mol. The molecule has 2 rings (SSSR count). The summed E-state index contributed by atoms with van der Waals surface area (Å²) in [5.74, 6) is 1.55. The summed E-state index contributed by atoms with van der Waals surface area (Å²) >= 11 is 0. The Hall–Kier alpha value is -1.02. The quantitative estimate of drug-likeness (QED) is 0.845. The SMILES string of the molecule is COc1ccc2c(c1C(C)CCN)CCC2. The van der Waals surface area contributed by atoms with Gasteiger partial charge in [-0.3, -0.25) is 0 Å². The zero-order valence-electron chi connectivity index (χ0n) is 10.3. The molecule has 0 radical (unpaired) electrons. The molecule has 1 aliphatic carbocycles. The van der Waals surface area contributed by atoms with Crippen molar-refractivity contribution >= 4 is 0 Å². The number of methoxy groups -OCH3 is 1. The molecule has 0 saturated heterocycles. The van der Waals surface area contributed by atoms with Gasteiger partial charge in [0.1, 0.15) is 5.75 Å². The summed E-state index contributed by atoms with van der Waals surface area (Å²) in [5.41, 5.74) is 10.1. The Morgan fingerprint density at radius 1 is 1.38 bits per heavy atom. The van der Waals surface area contributed by atoms with Crippen molar-refractivity contribution in [2.75, 3.05) is 13.7 Å². The van der Waals surface area contributed by atoms with E-state index in [9.17, 15) is 0 Å². The van der Waals surface area contributed by atoms with Crippen LogP contribution in [0.1, 0.15) is 42.4 Å². The first-order chi connectivity index (χ1) is 7.77. The molecule has 2 nitrogen and oxygen atoms in total. The van der Waals surface area contributed by atoms with Gasteiger partial charge in [-0.1, -0.05) is 13.0 Å². The molecule has 1 unspecified atom stereocenters. The van der Waals surface area contributed by atoms with Gasteiger partial charge in [0.2, 0.25) is 0 Å². The van der Waals surface area contributed by atoms with Crippen LogP contribution in [-0.4, -0.2) is 13.7 Å². The minimum absolute atomic E-state index is 0.507.